The van der Waals surface area contributed by atoms with Crippen LogP contribution in [0.2, 0.25) is 0 Å². The number of carbonyl (C=O) groups is 1. The van der Waals surface area contributed by atoms with Crippen LogP contribution in [0.1, 0.15) is 25.3 Å². The van der Waals surface area contributed by atoms with Crippen molar-refractivity contribution in [1.82, 2.24) is 5.32 Å². The zero-order chi connectivity index (χ0) is 13.5. The van der Waals surface area contributed by atoms with Gasteiger partial charge in [0.1, 0.15) is 0 Å². The quantitative estimate of drug-likeness (QED) is 0.883. The van der Waals surface area contributed by atoms with Crippen molar-refractivity contribution in [2.24, 2.45) is 11.7 Å². The van der Waals surface area contributed by atoms with Gasteiger partial charge in [0.25, 0.3) is 0 Å². The summed E-state index contributed by atoms with van der Waals surface area (Å²) in [6.45, 7) is 2.60. The predicted molar refractivity (Wildman–Crippen MR) is 78.1 cm³/mol. The van der Waals surface area contributed by atoms with Crippen LogP contribution < -0.4 is 11.1 Å². The molecule has 4 heteroatoms. The Balaban J connectivity index is 1.66. The number of rotatable bonds is 4. The fourth-order valence-corrected chi connectivity index (χ4v) is 3.93. The molecule has 3 rings (SSSR count). The van der Waals surface area contributed by atoms with Gasteiger partial charge in [-0.1, -0.05) is 18.2 Å². The fraction of sp³-hybridized carbons (Fsp3) is 0.533. The molecule has 1 aromatic rings. The van der Waals surface area contributed by atoms with Crippen LogP contribution in [0.25, 0.3) is 0 Å². The molecule has 0 spiro atoms. The summed E-state index contributed by atoms with van der Waals surface area (Å²) in [7, 11) is 0. The molecule has 2 unspecified atom stereocenters. The summed E-state index contributed by atoms with van der Waals surface area (Å²) < 4.78 is 0. The van der Waals surface area contributed by atoms with E-state index >= 15 is 0 Å². The minimum Gasteiger partial charge on any atom is -0.348 e. The molecule has 1 fully saturated rings. The number of amides is 1. The van der Waals surface area contributed by atoms with Crippen molar-refractivity contribution in [2.45, 2.75) is 41.9 Å². The average molecular weight is 276 g/mol. The summed E-state index contributed by atoms with van der Waals surface area (Å²) in [6, 6.07) is 8.27. The average Bonchev–Trinajstić information content (AvgIpc) is 3.18. The number of hydrogen-bond donors (Lipinski definition) is 2. The van der Waals surface area contributed by atoms with Crippen LogP contribution in [0.3, 0.4) is 0 Å². The molecule has 0 radical (unpaired) electrons. The van der Waals surface area contributed by atoms with E-state index in [-0.39, 0.29) is 16.7 Å². The Labute approximate surface area is 118 Å². The number of thioether (sulfide) groups is 1. The third kappa shape index (κ3) is 2.51. The highest BCUT2D eigenvalue weighted by Gasteiger charge is 2.43. The second-order valence-electron chi connectivity index (χ2n) is 5.80. The van der Waals surface area contributed by atoms with Gasteiger partial charge < -0.3 is 11.1 Å². The van der Waals surface area contributed by atoms with E-state index in [0.717, 1.165) is 6.42 Å². The summed E-state index contributed by atoms with van der Waals surface area (Å²) in [5, 5.41) is 3.20. The third-order valence-corrected chi connectivity index (χ3v) is 5.57. The first-order valence-electron chi connectivity index (χ1n) is 6.89. The van der Waals surface area contributed by atoms with Gasteiger partial charge >= 0.3 is 0 Å². The highest BCUT2D eigenvalue weighted by Crippen LogP contribution is 2.40. The van der Waals surface area contributed by atoms with Crippen molar-refractivity contribution in [3.63, 3.8) is 0 Å². The Bertz CT molecular complexity index is 476. The second-order valence-corrected chi connectivity index (χ2v) is 7.05. The number of nitrogens with one attached hydrogen (secondary N) is 1. The molecule has 0 aromatic heterocycles. The van der Waals surface area contributed by atoms with Gasteiger partial charge in [-0.05, 0) is 43.7 Å². The van der Waals surface area contributed by atoms with Crippen LogP contribution in [0.15, 0.2) is 29.2 Å². The molecule has 1 aliphatic heterocycles. The molecular formula is C15H20N2OS. The zero-order valence-corrected chi connectivity index (χ0v) is 12.0. The largest absolute Gasteiger partial charge is 0.348 e. The maximum absolute atomic E-state index is 12.4. The van der Waals surface area contributed by atoms with Gasteiger partial charge in [0, 0.05) is 11.4 Å². The van der Waals surface area contributed by atoms with Crippen molar-refractivity contribution < 1.29 is 4.79 Å². The molecule has 1 heterocycles. The van der Waals surface area contributed by atoms with E-state index in [4.69, 9.17) is 5.73 Å². The standard InChI is InChI=1S/C15H20N2OS/c1-15(9-16,11-6-7-11)17-14(18)13-8-10-4-2-3-5-12(10)19-13/h2-5,11,13H,6-9,16H2,1H3,(H,17,18). The Morgan fingerprint density at radius 2 is 2.21 bits per heavy atom. The summed E-state index contributed by atoms with van der Waals surface area (Å²) in [5.74, 6) is 0.705. The van der Waals surface area contributed by atoms with E-state index < -0.39 is 0 Å². The summed E-state index contributed by atoms with van der Waals surface area (Å²) in [6.07, 6.45) is 3.20. The van der Waals surface area contributed by atoms with E-state index in [1.54, 1.807) is 11.8 Å². The zero-order valence-electron chi connectivity index (χ0n) is 11.2. The van der Waals surface area contributed by atoms with E-state index in [2.05, 4.69) is 24.4 Å². The molecule has 3 nitrogen and oxygen atoms in total. The summed E-state index contributed by atoms with van der Waals surface area (Å²) in [5.41, 5.74) is 6.93. The van der Waals surface area contributed by atoms with Gasteiger partial charge in [-0.3, -0.25) is 4.79 Å². The third-order valence-electron chi connectivity index (χ3n) is 4.25. The van der Waals surface area contributed by atoms with Crippen LogP contribution in [-0.4, -0.2) is 23.2 Å². The van der Waals surface area contributed by atoms with Gasteiger partial charge in [0.05, 0.1) is 10.8 Å². The first kappa shape index (κ1) is 13.0. The second kappa shape index (κ2) is 4.84. The van der Waals surface area contributed by atoms with Gasteiger partial charge in [-0.25, -0.2) is 0 Å². The molecule has 1 saturated carbocycles. The van der Waals surface area contributed by atoms with Crippen LogP contribution in [0.5, 0.6) is 0 Å². The van der Waals surface area contributed by atoms with Crippen molar-refractivity contribution >= 4 is 17.7 Å². The normalized spacial score (nSPS) is 24.6. The SMILES string of the molecule is CC(CN)(NC(=O)C1Cc2ccccc2S1)C1CC1. The highest BCUT2D eigenvalue weighted by molar-refractivity contribution is 8.01. The lowest BCUT2D eigenvalue weighted by Crippen LogP contribution is -2.55. The van der Waals surface area contributed by atoms with Crippen molar-refractivity contribution in [1.29, 1.82) is 0 Å². The smallest absolute Gasteiger partial charge is 0.234 e. The van der Waals surface area contributed by atoms with Crippen molar-refractivity contribution in [2.75, 3.05) is 6.54 Å². The van der Waals surface area contributed by atoms with Crippen LogP contribution >= 0.6 is 11.8 Å². The van der Waals surface area contributed by atoms with Gasteiger partial charge in [0.2, 0.25) is 5.91 Å². The van der Waals surface area contributed by atoms with E-state index in [0.29, 0.717) is 12.5 Å². The molecule has 1 amide bonds. The maximum Gasteiger partial charge on any atom is 0.234 e. The molecule has 0 bridgehead atoms. The van der Waals surface area contributed by atoms with Crippen LogP contribution in [0, 0.1) is 5.92 Å². The Morgan fingerprint density at radius 3 is 2.84 bits per heavy atom. The molecule has 2 atom stereocenters. The molecule has 3 N–H and O–H groups in total. The molecule has 2 aliphatic rings. The lowest BCUT2D eigenvalue weighted by Gasteiger charge is -2.30. The Hall–Kier alpha value is -1.00. The van der Waals surface area contributed by atoms with Crippen molar-refractivity contribution in [3.8, 4) is 0 Å². The predicted octanol–water partition coefficient (Wildman–Crippen LogP) is 1.95. The summed E-state index contributed by atoms with van der Waals surface area (Å²) in [4.78, 5) is 13.7. The number of nitrogens with two attached hydrogens (primary N) is 1. The lowest BCUT2D eigenvalue weighted by atomic mass is 9.95. The van der Waals surface area contributed by atoms with Crippen LogP contribution in [-0.2, 0) is 11.2 Å². The van der Waals surface area contributed by atoms with E-state index in [9.17, 15) is 4.79 Å². The van der Waals surface area contributed by atoms with Crippen LogP contribution in [0.4, 0.5) is 0 Å². The highest BCUT2D eigenvalue weighted by atomic mass is 32.2. The van der Waals surface area contributed by atoms with E-state index in [1.807, 2.05) is 12.1 Å². The summed E-state index contributed by atoms with van der Waals surface area (Å²) >= 11 is 1.67. The molecule has 0 saturated heterocycles. The molecule has 1 aromatic carbocycles. The first-order valence-corrected chi connectivity index (χ1v) is 7.77. The topological polar surface area (TPSA) is 55.1 Å². The minimum absolute atomic E-state index is 0.00188. The molecule has 19 heavy (non-hydrogen) atoms. The molecular weight excluding hydrogens is 256 g/mol. The van der Waals surface area contributed by atoms with Gasteiger partial charge in [-0.2, -0.15) is 0 Å². The lowest BCUT2D eigenvalue weighted by molar-refractivity contribution is -0.122. The van der Waals surface area contributed by atoms with Crippen molar-refractivity contribution in [3.05, 3.63) is 29.8 Å². The fourth-order valence-electron chi connectivity index (χ4n) is 2.73. The number of fused-ring (bicyclic) bond motifs is 1. The van der Waals surface area contributed by atoms with E-state index in [1.165, 1.54) is 23.3 Å². The molecule has 102 valence electrons. The number of carbonyl (C=O) groups excluding carboxylic acids is 1. The Morgan fingerprint density at radius 1 is 1.47 bits per heavy atom. The minimum atomic E-state index is -0.216. The number of benzene rings is 1. The molecule has 1 aliphatic carbocycles. The number of hydrogen-bond acceptors (Lipinski definition) is 3. The first-order chi connectivity index (χ1) is 9.12. The van der Waals surface area contributed by atoms with Gasteiger partial charge in [-0.15, -0.1) is 11.8 Å². The van der Waals surface area contributed by atoms with Gasteiger partial charge in [0.15, 0.2) is 0 Å². The monoisotopic (exact) mass is 276 g/mol. The Kier molecular flexibility index (Phi) is 3.31. The maximum atomic E-state index is 12.4.